The van der Waals surface area contributed by atoms with Gasteiger partial charge < -0.3 is 18.6 Å². The number of fused-ring (bicyclic) bond motifs is 3. The predicted octanol–water partition coefficient (Wildman–Crippen LogP) is 4.63. The van der Waals surface area contributed by atoms with Crippen LogP contribution in [0.1, 0.15) is 21.5 Å². The molecule has 0 aliphatic heterocycles. The fourth-order valence-electron chi connectivity index (χ4n) is 3.56. The summed E-state index contributed by atoms with van der Waals surface area (Å²) in [6.45, 7) is 1.76. The lowest BCUT2D eigenvalue weighted by Gasteiger charge is -2.13. The van der Waals surface area contributed by atoms with Crippen LogP contribution >= 0.6 is 0 Å². The van der Waals surface area contributed by atoms with E-state index in [4.69, 9.17) is 18.6 Å². The lowest BCUT2D eigenvalue weighted by atomic mass is 10.0. The first-order chi connectivity index (χ1) is 14.5. The molecule has 6 heteroatoms. The molecule has 0 atom stereocenters. The summed E-state index contributed by atoms with van der Waals surface area (Å²) in [5, 5.41) is 2.67. The van der Waals surface area contributed by atoms with E-state index in [9.17, 15) is 9.59 Å². The summed E-state index contributed by atoms with van der Waals surface area (Å²) >= 11 is 0. The van der Waals surface area contributed by atoms with Crippen LogP contribution in [0, 0.1) is 6.92 Å². The summed E-state index contributed by atoms with van der Waals surface area (Å²) in [6, 6.07) is 16.0. The van der Waals surface area contributed by atoms with Crippen molar-refractivity contribution in [2.45, 2.75) is 13.5 Å². The number of carbonyl (C=O) groups is 1. The standard InChI is InChI=1S/C24H20O6/c1-14-20(27-2)10-16(11-21(14)28-3)24(26)29-13-17-12-22(25)30-19-9-8-15-6-4-5-7-18(15)23(17)19/h4-12H,13H2,1-3H3. The van der Waals surface area contributed by atoms with E-state index in [1.54, 1.807) is 18.2 Å². The van der Waals surface area contributed by atoms with Gasteiger partial charge in [0.15, 0.2) is 0 Å². The summed E-state index contributed by atoms with van der Waals surface area (Å²) < 4.78 is 21.5. The van der Waals surface area contributed by atoms with Crippen molar-refractivity contribution in [3.8, 4) is 11.5 Å². The van der Waals surface area contributed by atoms with Gasteiger partial charge in [0.05, 0.1) is 19.8 Å². The number of carbonyl (C=O) groups excluding carboxylic acids is 1. The first kappa shape index (κ1) is 19.5. The zero-order valence-electron chi connectivity index (χ0n) is 16.9. The molecule has 6 nitrogen and oxygen atoms in total. The van der Waals surface area contributed by atoms with E-state index in [1.165, 1.54) is 20.3 Å². The number of esters is 1. The zero-order chi connectivity index (χ0) is 21.3. The molecule has 1 aromatic heterocycles. The number of rotatable bonds is 5. The molecular weight excluding hydrogens is 384 g/mol. The van der Waals surface area contributed by atoms with Gasteiger partial charge in [0.2, 0.25) is 0 Å². The third-order valence-electron chi connectivity index (χ3n) is 5.06. The van der Waals surface area contributed by atoms with Gasteiger partial charge in [0.25, 0.3) is 0 Å². The predicted molar refractivity (Wildman–Crippen MR) is 113 cm³/mol. The largest absolute Gasteiger partial charge is 0.496 e. The molecular formula is C24H20O6. The molecule has 3 aromatic carbocycles. The first-order valence-corrected chi connectivity index (χ1v) is 9.36. The first-order valence-electron chi connectivity index (χ1n) is 9.36. The second kappa shape index (κ2) is 7.91. The monoisotopic (exact) mass is 404 g/mol. The van der Waals surface area contributed by atoms with Crippen LogP contribution in [0.15, 0.2) is 63.8 Å². The van der Waals surface area contributed by atoms with Crippen LogP contribution in [0.2, 0.25) is 0 Å². The van der Waals surface area contributed by atoms with Crippen molar-refractivity contribution in [1.29, 1.82) is 0 Å². The minimum Gasteiger partial charge on any atom is -0.496 e. The van der Waals surface area contributed by atoms with E-state index in [0.29, 0.717) is 28.2 Å². The van der Waals surface area contributed by atoms with Gasteiger partial charge in [-0.15, -0.1) is 0 Å². The van der Waals surface area contributed by atoms with Crippen LogP contribution in [-0.4, -0.2) is 20.2 Å². The molecule has 4 rings (SSSR count). The van der Waals surface area contributed by atoms with E-state index in [-0.39, 0.29) is 6.61 Å². The maximum absolute atomic E-state index is 12.7. The third-order valence-corrected chi connectivity index (χ3v) is 5.06. The van der Waals surface area contributed by atoms with E-state index in [0.717, 1.165) is 21.7 Å². The molecule has 0 bridgehead atoms. The van der Waals surface area contributed by atoms with E-state index >= 15 is 0 Å². The fourth-order valence-corrected chi connectivity index (χ4v) is 3.56. The highest BCUT2D eigenvalue weighted by Crippen LogP contribution is 2.31. The molecule has 30 heavy (non-hydrogen) atoms. The van der Waals surface area contributed by atoms with Crippen molar-refractivity contribution in [2.24, 2.45) is 0 Å². The molecule has 0 unspecified atom stereocenters. The number of hydrogen-bond donors (Lipinski definition) is 0. The Labute approximate surface area is 172 Å². The fraction of sp³-hybridized carbons (Fsp3) is 0.167. The van der Waals surface area contributed by atoms with Crippen LogP contribution in [0.25, 0.3) is 21.7 Å². The molecule has 0 saturated heterocycles. The van der Waals surface area contributed by atoms with Crippen LogP contribution in [-0.2, 0) is 11.3 Å². The van der Waals surface area contributed by atoms with Crippen molar-refractivity contribution < 1.29 is 23.4 Å². The highest BCUT2D eigenvalue weighted by Gasteiger charge is 2.16. The minimum atomic E-state index is -0.548. The second-order valence-electron chi connectivity index (χ2n) is 6.83. The highest BCUT2D eigenvalue weighted by atomic mass is 16.5. The Morgan fingerprint density at radius 3 is 2.37 bits per heavy atom. The van der Waals surface area contributed by atoms with Gasteiger partial charge in [-0.2, -0.15) is 0 Å². The third kappa shape index (κ3) is 3.48. The lowest BCUT2D eigenvalue weighted by Crippen LogP contribution is -2.09. The second-order valence-corrected chi connectivity index (χ2v) is 6.83. The molecule has 152 valence electrons. The molecule has 1 heterocycles. The Morgan fingerprint density at radius 2 is 1.67 bits per heavy atom. The molecule has 0 saturated carbocycles. The normalized spacial score (nSPS) is 10.9. The van der Waals surface area contributed by atoms with Gasteiger partial charge in [-0.1, -0.05) is 30.3 Å². The van der Waals surface area contributed by atoms with Crippen molar-refractivity contribution in [3.05, 3.63) is 81.7 Å². The quantitative estimate of drug-likeness (QED) is 0.274. The number of hydrogen-bond acceptors (Lipinski definition) is 6. The Balaban J connectivity index is 1.71. The van der Waals surface area contributed by atoms with Crippen molar-refractivity contribution in [1.82, 2.24) is 0 Å². The molecule has 0 aliphatic carbocycles. The van der Waals surface area contributed by atoms with E-state index in [2.05, 4.69) is 0 Å². The average molecular weight is 404 g/mol. The lowest BCUT2D eigenvalue weighted by molar-refractivity contribution is 0.0473. The summed E-state index contributed by atoms with van der Waals surface area (Å²) in [4.78, 5) is 24.7. The minimum absolute atomic E-state index is 0.0759. The summed E-state index contributed by atoms with van der Waals surface area (Å²) in [7, 11) is 3.05. The molecule has 0 N–H and O–H groups in total. The highest BCUT2D eigenvalue weighted by molar-refractivity contribution is 6.07. The molecule has 4 aromatic rings. The number of methoxy groups -OCH3 is 2. The Bertz CT molecular complexity index is 1290. The van der Waals surface area contributed by atoms with E-state index < -0.39 is 11.6 Å². The Hall–Kier alpha value is -3.80. The Morgan fingerprint density at radius 1 is 0.967 bits per heavy atom. The molecule has 0 fully saturated rings. The van der Waals surface area contributed by atoms with Crippen LogP contribution < -0.4 is 15.1 Å². The number of benzene rings is 3. The molecule has 0 spiro atoms. The van der Waals surface area contributed by atoms with Gasteiger partial charge in [0, 0.05) is 22.6 Å². The van der Waals surface area contributed by atoms with E-state index in [1.807, 2.05) is 37.3 Å². The van der Waals surface area contributed by atoms with Gasteiger partial charge in [0.1, 0.15) is 23.7 Å². The summed E-state index contributed by atoms with van der Waals surface area (Å²) in [5.41, 5.74) is 1.62. The van der Waals surface area contributed by atoms with Gasteiger partial charge in [-0.3, -0.25) is 0 Å². The van der Waals surface area contributed by atoms with Crippen LogP contribution in [0.5, 0.6) is 11.5 Å². The molecule has 0 radical (unpaired) electrons. The van der Waals surface area contributed by atoms with Crippen molar-refractivity contribution in [2.75, 3.05) is 14.2 Å². The summed E-state index contributed by atoms with van der Waals surface area (Å²) in [5.74, 6) is 0.504. The SMILES string of the molecule is COc1cc(C(=O)OCc2cc(=O)oc3ccc4ccccc4c23)cc(OC)c1C. The van der Waals surface area contributed by atoms with Gasteiger partial charge >= 0.3 is 11.6 Å². The van der Waals surface area contributed by atoms with Gasteiger partial charge in [-0.05, 0) is 35.9 Å². The van der Waals surface area contributed by atoms with Crippen LogP contribution in [0.3, 0.4) is 0 Å². The topological polar surface area (TPSA) is 75.0 Å². The van der Waals surface area contributed by atoms with Crippen molar-refractivity contribution in [3.63, 3.8) is 0 Å². The summed E-state index contributed by atoms with van der Waals surface area (Å²) in [6.07, 6.45) is 0. The van der Waals surface area contributed by atoms with Gasteiger partial charge in [-0.25, -0.2) is 9.59 Å². The Kier molecular flexibility index (Phi) is 5.14. The number of ether oxygens (including phenoxy) is 3. The maximum Gasteiger partial charge on any atom is 0.338 e. The molecule has 0 amide bonds. The average Bonchev–Trinajstić information content (AvgIpc) is 2.76. The molecule has 0 aliphatic rings. The maximum atomic E-state index is 12.7. The van der Waals surface area contributed by atoms with Crippen LogP contribution in [0.4, 0.5) is 0 Å². The van der Waals surface area contributed by atoms with Crippen molar-refractivity contribution >= 4 is 27.7 Å². The zero-order valence-corrected chi connectivity index (χ0v) is 16.9. The smallest absolute Gasteiger partial charge is 0.338 e.